The van der Waals surface area contributed by atoms with Crippen LogP contribution in [-0.4, -0.2) is 51.5 Å². The van der Waals surface area contributed by atoms with Crippen molar-refractivity contribution in [2.45, 2.75) is 44.1 Å². The number of fused-ring (bicyclic) bond motifs is 2. The van der Waals surface area contributed by atoms with Crippen LogP contribution in [0.5, 0.6) is 0 Å². The molecule has 2 atom stereocenters. The van der Waals surface area contributed by atoms with Gasteiger partial charge in [-0.1, -0.05) is 24.3 Å². The zero-order chi connectivity index (χ0) is 29.5. The number of hydrogen-bond donors (Lipinski definition) is 0. The molecule has 3 amide bonds. The number of pyridine rings is 1. The van der Waals surface area contributed by atoms with E-state index >= 15 is 0 Å². The van der Waals surface area contributed by atoms with Crippen LogP contribution in [0.15, 0.2) is 60.8 Å². The van der Waals surface area contributed by atoms with Gasteiger partial charge in [0.2, 0.25) is 11.5 Å². The Morgan fingerprint density at radius 2 is 1.90 bits per heavy atom. The van der Waals surface area contributed by atoms with Crippen molar-refractivity contribution < 1.29 is 36.7 Å². The molecule has 3 aromatic rings. The Kier molecular flexibility index (Phi) is 6.98. The number of amides is 3. The highest BCUT2D eigenvalue weighted by Gasteiger charge is 2.58. The highest BCUT2D eigenvalue weighted by atomic mass is 19.4. The van der Waals surface area contributed by atoms with Crippen molar-refractivity contribution in [3.8, 4) is 17.3 Å². The first-order valence-electron chi connectivity index (χ1n) is 12.6. The van der Waals surface area contributed by atoms with E-state index in [-0.39, 0.29) is 12.0 Å². The Hall–Kier alpha value is -4.79. The first kappa shape index (κ1) is 27.8. The minimum absolute atomic E-state index is 0.0883. The van der Waals surface area contributed by atoms with Crippen LogP contribution in [0.4, 0.5) is 22.4 Å². The number of benzene rings is 2. The van der Waals surface area contributed by atoms with Crippen molar-refractivity contribution in [2.24, 2.45) is 0 Å². The van der Waals surface area contributed by atoms with E-state index in [0.29, 0.717) is 44.2 Å². The molecule has 2 aliphatic rings. The molecule has 2 heterocycles. The molecule has 0 bridgehead atoms. The maximum atomic E-state index is 13.7. The average Bonchev–Trinajstić information content (AvgIpc) is 3.43. The largest absolute Gasteiger partial charge is 0.427 e. The van der Waals surface area contributed by atoms with Crippen LogP contribution in [-0.2, 0) is 32.9 Å². The van der Waals surface area contributed by atoms with E-state index in [1.165, 1.54) is 18.3 Å². The summed E-state index contributed by atoms with van der Waals surface area (Å²) in [5.74, 6) is -2.56. The molecule has 12 heteroatoms. The lowest BCUT2D eigenvalue weighted by Gasteiger charge is -2.31. The predicted octanol–water partition coefficient (Wildman–Crippen LogP) is 4.86. The predicted molar refractivity (Wildman–Crippen MR) is 135 cm³/mol. The monoisotopic (exact) mass is 566 g/mol. The normalized spacial score (nSPS) is 18.7. The van der Waals surface area contributed by atoms with E-state index in [1.54, 1.807) is 30.3 Å². The highest BCUT2D eigenvalue weighted by Crippen LogP contribution is 2.46. The third-order valence-corrected chi connectivity index (χ3v) is 7.37. The van der Waals surface area contributed by atoms with Crippen molar-refractivity contribution in [3.63, 3.8) is 0 Å². The number of aryl methyl sites for hydroxylation is 1. The lowest BCUT2D eigenvalue weighted by Crippen LogP contribution is -2.51. The molecule has 5 rings (SSSR count). The molecule has 1 aliphatic heterocycles. The van der Waals surface area contributed by atoms with Gasteiger partial charge in [-0.15, -0.1) is 0 Å². The third kappa shape index (κ3) is 5.11. The number of ether oxygens (including phenoxy) is 1. The molecular formula is C29H22F4N4O4. The third-order valence-electron chi connectivity index (χ3n) is 7.37. The van der Waals surface area contributed by atoms with Crippen LogP contribution >= 0.6 is 0 Å². The molecule has 41 heavy (non-hydrogen) atoms. The molecule has 1 spiro atoms. The summed E-state index contributed by atoms with van der Waals surface area (Å²) in [7, 11) is 0. The molecule has 0 radical (unpaired) electrons. The zero-order valence-corrected chi connectivity index (χ0v) is 21.6. The molecule has 1 unspecified atom stereocenters. The van der Waals surface area contributed by atoms with Gasteiger partial charge in [-0.2, -0.15) is 18.4 Å². The maximum Gasteiger partial charge on any atom is 0.418 e. The summed E-state index contributed by atoms with van der Waals surface area (Å²) in [5.41, 5.74) is 1.28. The van der Waals surface area contributed by atoms with Crippen LogP contribution in [0.25, 0.3) is 11.3 Å². The fourth-order valence-corrected chi connectivity index (χ4v) is 5.10. The zero-order valence-electron chi connectivity index (χ0n) is 21.6. The van der Waals surface area contributed by atoms with Gasteiger partial charge < -0.3 is 9.64 Å². The first-order valence-corrected chi connectivity index (χ1v) is 12.6. The first-order chi connectivity index (χ1) is 19.4. The van der Waals surface area contributed by atoms with Gasteiger partial charge in [0.1, 0.15) is 18.4 Å². The summed E-state index contributed by atoms with van der Waals surface area (Å²) >= 11 is 0. The molecule has 2 aromatic carbocycles. The number of rotatable bonds is 6. The van der Waals surface area contributed by atoms with Crippen molar-refractivity contribution >= 4 is 17.9 Å². The standard InChI is InChI=1S/C29H22F4N4O4/c1-17(29(31,32)33)36(15-18-2-5-22(30)6-3-18)25(38)16-37-26(39)28(41-27(37)40)10-8-20-13-21(4-7-23(20)28)24-12-19(14-34)9-11-35-24/h2-7,9,11-13,17H,8,10,15-16H2,1H3/t17?,28-/m1/s1. The minimum atomic E-state index is -4.80. The molecule has 0 saturated carbocycles. The number of alkyl halides is 3. The Balaban J connectivity index is 1.39. The number of nitrogens with zero attached hydrogens (tertiary/aromatic N) is 4. The Morgan fingerprint density at radius 1 is 1.17 bits per heavy atom. The van der Waals surface area contributed by atoms with Crippen molar-refractivity contribution in [1.29, 1.82) is 5.26 Å². The van der Waals surface area contributed by atoms with Gasteiger partial charge in [0, 0.05) is 30.3 Å². The summed E-state index contributed by atoms with van der Waals surface area (Å²) in [5, 5.41) is 9.17. The number of carbonyl (C=O) groups excluding carboxylic acids is 3. The van der Waals surface area contributed by atoms with Gasteiger partial charge in [0.25, 0.3) is 5.91 Å². The summed E-state index contributed by atoms with van der Waals surface area (Å²) < 4.78 is 59.8. The highest BCUT2D eigenvalue weighted by molar-refractivity contribution is 6.06. The number of carbonyl (C=O) groups is 3. The smallest absolute Gasteiger partial charge is 0.418 e. The lowest BCUT2D eigenvalue weighted by molar-refractivity contribution is -0.187. The van der Waals surface area contributed by atoms with E-state index in [9.17, 15) is 31.9 Å². The number of imide groups is 1. The number of halogens is 4. The van der Waals surface area contributed by atoms with Crippen LogP contribution in [0, 0.1) is 17.1 Å². The Morgan fingerprint density at radius 3 is 2.59 bits per heavy atom. The van der Waals surface area contributed by atoms with E-state index in [0.717, 1.165) is 19.1 Å². The van der Waals surface area contributed by atoms with Crippen LogP contribution in [0.1, 0.15) is 35.6 Å². The molecule has 8 nitrogen and oxygen atoms in total. The van der Waals surface area contributed by atoms with Gasteiger partial charge in [-0.25, -0.2) is 14.1 Å². The Bertz CT molecular complexity index is 1580. The molecular weight excluding hydrogens is 544 g/mol. The van der Waals surface area contributed by atoms with Crippen LogP contribution < -0.4 is 0 Å². The Labute approximate surface area is 231 Å². The fraction of sp³-hybridized carbons (Fsp3) is 0.276. The van der Waals surface area contributed by atoms with Gasteiger partial charge in [-0.05, 0) is 54.8 Å². The number of hydrogen-bond acceptors (Lipinski definition) is 6. The topological polar surface area (TPSA) is 104 Å². The summed E-state index contributed by atoms with van der Waals surface area (Å²) in [4.78, 5) is 44.9. The lowest BCUT2D eigenvalue weighted by atomic mass is 9.93. The van der Waals surface area contributed by atoms with E-state index in [4.69, 9.17) is 10.00 Å². The molecule has 1 saturated heterocycles. The fourth-order valence-electron chi connectivity index (χ4n) is 5.10. The van der Waals surface area contributed by atoms with Gasteiger partial charge in [-0.3, -0.25) is 14.6 Å². The van der Waals surface area contributed by atoms with Gasteiger partial charge in [0.05, 0.1) is 17.3 Å². The molecule has 210 valence electrons. The quantitative estimate of drug-likeness (QED) is 0.395. The van der Waals surface area contributed by atoms with Gasteiger partial charge >= 0.3 is 12.3 Å². The summed E-state index contributed by atoms with van der Waals surface area (Å²) in [6.45, 7) is -0.688. The van der Waals surface area contributed by atoms with Crippen molar-refractivity contribution in [2.75, 3.05) is 6.54 Å². The molecule has 1 aliphatic carbocycles. The summed E-state index contributed by atoms with van der Waals surface area (Å²) in [6.07, 6.45) is -3.99. The number of nitriles is 1. The SMILES string of the molecule is CC(N(Cc1ccc(F)cc1)C(=O)CN1C(=O)O[C@@]2(CCc3cc(-c4cc(C#N)ccn4)ccc32)C1=O)C(F)(F)F. The van der Waals surface area contributed by atoms with E-state index in [2.05, 4.69) is 4.98 Å². The van der Waals surface area contributed by atoms with Gasteiger partial charge in [0.15, 0.2) is 0 Å². The summed E-state index contributed by atoms with van der Waals surface area (Å²) in [6, 6.07) is 12.6. The van der Waals surface area contributed by atoms with E-state index in [1.807, 2.05) is 6.07 Å². The molecule has 1 fully saturated rings. The molecule has 1 aromatic heterocycles. The number of aromatic nitrogens is 1. The minimum Gasteiger partial charge on any atom is -0.427 e. The van der Waals surface area contributed by atoms with Crippen LogP contribution in [0.2, 0.25) is 0 Å². The second kappa shape index (κ2) is 10.3. The van der Waals surface area contributed by atoms with Crippen molar-refractivity contribution in [3.05, 3.63) is 88.9 Å². The van der Waals surface area contributed by atoms with Crippen molar-refractivity contribution in [1.82, 2.24) is 14.8 Å². The maximum absolute atomic E-state index is 13.7. The molecule has 0 N–H and O–H groups in total. The second-order valence-electron chi connectivity index (χ2n) is 9.87. The second-order valence-corrected chi connectivity index (χ2v) is 9.87. The van der Waals surface area contributed by atoms with Crippen LogP contribution in [0.3, 0.4) is 0 Å². The average molecular weight is 567 g/mol. The van der Waals surface area contributed by atoms with E-state index < -0.39 is 54.6 Å².